The molecule has 15 heavy (non-hydrogen) atoms. The van der Waals surface area contributed by atoms with E-state index in [1.165, 1.54) is 18.2 Å². The van der Waals surface area contributed by atoms with Crippen LogP contribution in [0.2, 0.25) is 5.02 Å². The molecule has 0 amide bonds. The fourth-order valence-corrected chi connectivity index (χ4v) is 1.13. The Kier molecular flexibility index (Phi) is 3.52. The highest BCUT2D eigenvalue weighted by molar-refractivity contribution is 7.80. The van der Waals surface area contributed by atoms with Crippen molar-refractivity contribution in [2.24, 2.45) is 5.73 Å². The zero-order chi connectivity index (χ0) is 11.6. The van der Waals surface area contributed by atoms with Gasteiger partial charge >= 0.3 is 0 Å². The average Bonchev–Trinajstić information content (AvgIpc) is 2.09. The molecule has 5 heteroatoms. The maximum Gasteiger partial charge on any atom is 0.153 e. The van der Waals surface area contributed by atoms with Gasteiger partial charge in [0.15, 0.2) is 5.60 Å². The number of hydrogen-bond acceptors (Lipinski definition) is 2. The van der Waals surface area contributed by atoms with Gasteiger partial charge in [-0.15, -0.1) is 0 Å². The van der Waals surface area contributed by atoms with Crippen LogP contribution in [-0.2, 0) is 0 Å². The lowest BCUT2D eigenvalue weighted by atomic mass is 10.1. The summed E-state index contributed by atoms with van der Waals surface area (Å²) in [5.41, 5.74) is 4.68. The number of halogens is 2. The van der Waals surface area contributed by atoms with Crippen molar-refractivity contribution in [2.45, 2.75) is 19.4 Å². The zero-order valence-corrected chi connectivity index (χ0v) is 9.95. The Morgan fingerprint density at radius 2 is 2.13 bits per heavy atom. The van der Waals surface area contributed by atoms with Gasteiger partial charge in [0.25, 0.3) is 0 Å². The summed E-state index contributed by atoms with van der Waals surface area (Å²) in [6.07, 6.45) is 0. The Morgan fingerprint density at radius 3 is 2.60 bits per heavy atom. The predicted octanol–water partition coefficient (Wildman–Crippen LogP) is 2.92. The number of rotatable bonds is 3. The van der Waals surface area contributed by atoms with Crippen LogP contribution in [0.15, 0.2) is 18.2 Å². The summed E-state index contributed by atoms with van der Waals surface area (Å²) in [5.74, 6) is -0.0589. The Morgan fingerprint density at radius 1 is 1.53 bits per heavy atom. The standard InChI is InChI=1S/C10H11ClFNOS/c1-10(2,9(13)15)14-8-4-3-6(12)5-7(8)11/h3-5H,1-2H3,(H2,13,15). The quantitative estimate of drug-likeness (QED) is 0.835. The molecule has 0 aromatic heterocycles. The second-order valence-electron chi connectivity index (χ2n) is 3.55. The van der Waals surface area contributed by atoms with Gasteiger partial charge < -0.3 is 10.5 Å². The number of ether oxygens (including phenoxy) is 1. The van der Waals surface area contributed by atoms with Crippen LogP contribution < -0.4 is 10.5 Å². The summed E-state index contributed by atoms with van der Waals surface area (Å²) in [6, 6.07) is 3.88. The van der Waals surface area contributed by atoms with E-state index in [0.29, 0.717) is 5.75 Å². The second kappa shape index (κ2) is 4.33. The van der Waals surface area contributed by atoms with Crippen molar-refractivity contribution < 1.29 is 9.13 Å². The van der Waals surface area contributed by atoms with Gasteiger partial charge in [0.1, 0.15) is 16.6 Å². The molecule has 0 spiro atoms. The first-order chi connectivity index (χ1) is 6.83. The van der Waals surface area contributed by atoms with Crippen molar-refractivity contribution in [2.75, 3.05) is 0 Å². The molecule has 0 radical (unpaired) electrons. The van der Waals surface area contributed by atoms with Gasteiger partial charge in [-0.2, -0.15) is 0 Å². The van der Waals surface area contributed by atoms with E-state index in [1.54, 1.807) is 13.8 Å². The van der Waals surface area contributed by atoms with Gasteiger partial charge in [-0.25, -0.2) is 4.39 Å². The van der Waals surface area contributed by atoms with Crippen LogP contribution in [0, 0.1) is 5.82 Å². The molecule has 0 heterocycles. The van der Waals surface area contributed by atoms with Crippen molar-refractivity contribution in [1.82, 2.24) is 0 Å². The molecule has 2 nitrogen and oxygen atoms in total. The first kappa shape index (κ1) is 12.2. The predicted molar refractivity (Wildman–Crippen MR) is 62.9 cm³/mol. The minimum atomic E-state index is -0.809. The fourth-order valence-electron chi connectivity index (χ4n) is 0.883. The molecule has 0 aliphatic heterocycles. The lowest BCUT2D eigenvalue weighted by Gasteiger charge is -2.25. The first-order valence-electron chi connectivity index (χ1n) is 4.27. The number of hydrogen-bond donors (Lipinski definition) is 1. The Labute approximate surface area is 98.2 Å². The molecule has 0 bridgehead atoms. The Bertz CT molecular complexity index is 395. The van der Waals surface area contributed by atoms with Crippen molar-refractivity contribution in [3.63, 3.8) is 0 Å². The molecule has 0 aliphatic rings. The van der Waals surface area contributed by atoms with Crippen LogP contribution in [0.5, 0.6) is 5.75 Å². The molecule has 0 aliphatic carbocycles. The lowest BCUT2D eigenvalue weighted by Crippen LogP contribution is -2.42. The van der Waals surface area contributed by atoms with Crippen molar-refractivity contribution in [1.29, 1.82) is 0 Å². The molecule has 2 N–H and O–H groups in total. The number of nitrogens with two attached hydrogens (primary N) is 1. The van der Waals surface area contributed by atoms with Gasteiger partial charge in [0.2, 0.25) is 0 Å². The van der Waals surface area contributed by atoms with Crippen molar-refractivity contribution >= 4 is 28.8 Å². The molecular weight excluding hydrogens is 237 g/mol. The summed E-state index contributed by atoms with van der Waals surface area (Å²) < 4.78 is 18.2. The third-order valence-corrected chi connectivity index (χ3v) is 2.64. The third-order valence-electron chi connectivity index (χ3n) is 1.85. The summed E-state index contributed by atoms with van der Waals surface area (Å²) in [4.78, 5) is 0.211. The van der Waals surface area contributed by atoms with E-state index in [9.17, 15) is 4.39 Å². The summed E-state index contributed by atoms with van der Waals surface area (Å²) >= 11 is 10.6. The first-order valence-corrected chi connectivity index (χ1v) is 5.05. The molecule has 0 fully saturated rings. The monoisotopic (exact) mass is 247 g/mol. The van der Waals surface area contributed by atoms with Gasteiger partial charge in [0.05, 0.1) is 5.02 Å². The maximum atomic E-state index is 12.7. The van der Waals surface area contributed by atoms with Crippen LogP contribution in [0.25, 0.3) is 0 Å². The second-order valence-corrected chi connectivity index (χ2v) is 4.40. The molecule has 0 saturated heterocycles. The van der Waals surface area contributed by atoms with Crippen LogP contribution in [-0.4, -0.2) is 10.6 Å². The highest BCUT2D eigenvalue weighted by atomic mass is 35.5. The van der Waals surface area contributed by atoms with Crippen molar-refractivity contribution in [3.05, 3.63) is 29.0 Å². The Hall–Kier alpha value is -0.870. The third kappa shape index (κ3) is 3.04. The van der Waals surface area contributed by atoms with E-state index in [0.717, 1.165) is 0 Å². The zero-order valence-electron chi connectivity index (χ0n) is 8.38. The van der Waals surface area contributed by atoms with Gasteiger partial charge in [0, 0.05) is 0 Å². The van der Waals surface area contributed by atoms with E-state index in [-0.39, 0.29) is 10.0 Å². The molecule has 1 aromatic rings. The normalized spacial score (nSPS) is 11.2. The van der Waals surface area contributed by atoms with Gasteiger partial charge in [-0.1, -0.05) is 23.8 Å². The highest BCUT2D eigenvalue weighted by Gasteiger charge is 2.24. The Balaban J connectivity index is 2.95. The van der Waals surface area contributed by atoms with Crippen LogP contribution in [0.4, 0.5) is 4.39 Å². The average molecular weight is 248 g/mol. The molecule has 0 unspecified atom stereocenters. The molecule has 82 valence electrons. The molecule has 1 aromatic carbocycles. The summed E-state index contributed by atoms with van der Waals surface area (Å²) in [5, 5.41) is 0.194. The van der Waals surface area contributed by atoms with E-state index in [1.807, 2.05) is 0 Å². The molecular formula is C10H11ClFNOS. The smallest absolute Gasteiger partial charge is 0.153 e. The van der Waals surface area contributed by atoms with Crippen molar-refractivity contribution in [3.8, 4) is 5.75 Å². The lowest BCUT2D eigenvalue weighted by molar-refractivity contribution is 0.184. The summed E-state index contributed by atoms with van der Waals surface area (Å²) in [6.45, 7) is 3.43. The van der Waals surface area contributed by atoms with E-state index in [4.69, 9.17) is 34.3 Å². The van der Waals surface area contributed by atoms with Crippen LogP contribution in [0.1, 0.15) is 13.8 Å². The number of thiocarbonyl (C=S) groups is 1. The summed E-state index contributed by atoms with van der Waals surface area (Å²) in [7, 11) is 0. The van der Waals surface area contributed by atoms with Gasteiger partial charge in [-0.05, 0) is 32.0 Å². The largest absolute Gasteiger partial charge is 0.479 e. The molecule has 0 saturated carbocycles. The van der Waals surface area contributed by atoms with E-state index < -0.39 is 11.4 Å². The maximum absolute atomic E-state index is 12.7. The van der Waals surface area contributed by atoms with E-state index in [2.05, 4.69) is 0 Å². The molecule has 1 rings (SSSR count). The van der Waals surface area contributed by atoms with Crippen LogP contribution in [0.3, 0.4) is 0 Å². The highest BCUT2D eigenvalue weighted by Crippen LogP contribution is 2.28. The van der Waals surface area contributed by atoms with E-state index >= 15 is 0 Å². The van der Waals surface area contributed by atoms with Crippen LogP contribution >= 0.6 is 23.8 Å². The number of benzene rings is 1. The SMILES string of the molecule is CC(C)(Oc1ccc(F)cc1Cl)C(N)=S. The minimum absolute atomic E-state index is 0.194. The van der Waals surface area contributed by atoms with Gasteiger partial charge in [-0.3, -0.25) is 0 Å². The minimum Gasteiger partial charge on any atom is -0.479 e. The topological polar surface area (TPSA) is 35.2 Å². The molecule has 0 atom stereocenters. The fraction of sp³-hybridized carbons (Fsp3) is 0.300.